The van der Waals surface area contributed by atoms with Crippen molar-refractivity contribution in [2.45, 2.75) is 0 Å². The Morgan fingerprint density at radius 1 is 1.24 bits per heavy atom. The molecule has 0 aliphatic carbocycles. The lowest BCUT2D eigenvalue weighted by atomic mass is 10.1. The Balaban J connectivity index is 1.75. The molecule has 1 N–H and O–H groups in total. The van der Waals surface area contributed by atoms with Crippen molar-refractivity contribution in [1.29, 1.82) is 5.26 Å². The maximum Gasteiger partial charge on any atom is 0.235 e. The highest BCUT2D eigenvalue weighted by Crippen LogP contribution is 2.38. The molecular weight excluding hydrogens is 408 g/mol. The van der Waals surface area contributed by atoms with E-state index in [1.807, 2.05) is 18.2 Å². The topological polar surface area (TPSA) is 86.1 Å². The van der Waals surface area contributed by atoms with E-state index in [2.05, 4.69) is 16.4 Å². The van der Waals surface area contributed by atoms with Crippen molar-refractivity contribution in [3.8, 4) is 27.8 Å². The van der Waals surface area contributed by atoms with Gasteiger partial charge < -0.3 is 5.32 Å². The molecule has 1 aliphatic rings. The fraction of sp³-hybridized carbons (Fsp3) is 0.143. The second kappa shape index (κ2) is 8.13. The number of hydrogen-bond donors (Lipinski definition) is 1. The lowest BCUT2D eigenvalue weighted by molar-refractivity contribution is -0.118. The van der Waals surface area contributed by atoms with E-state index in [9.17, 15) is 14.9 Å². The van der Waals surface area contributed by atoms with Crippen LogP contribution in [-0.4, -0.2) is 41.3 Å². The molecule has 1 saturated heterocycles. The summed E-state index contributed by atoms with van der Waals surface area (Å²) >= 11 is 7.44. The average Bonchev–Trinajstić information content (AvgIpc) is 3.34. The first-order valence-corrected chi connectivity index (χ1v) is 10.0. The number of hydrogen-bond acceptors (Lipinski definition) is 6. The second-order valence-electron chi connectivity index (χ2n) is 6.57. The van der Waals surface area contributed by atoms with E-state index >= 15 is 0 Å². The minimum absolute atomic E-state index is 0.0921. The molecule has 8 heteroatoms. The maximum atomic E-state index is 12.8. The van der Waals surface area contributed by atoms with Crippen LogP contribution < -0.4 is 5.32 Å². The van der Waals surface area contributed by atoms with Crippen LogP contribution in [0.5, 0.6) is 0 Å². The monoisotopic (exact) mass is 422 g/mol. The van der Waals surface area contributed by atoms with E-state index in [0.717, 1.165) is 16.0 Å². The predicted molar refractivity (Wildman–Crippen MR) is 112 cm³/mol. The second-order valence-corrected chi connectivity index (χ2v) is 8.00. The van der Waals surface area contributed by atoms with E-state index in [1.54, 1.807) is 35.2 Å². The third kappa shape index (κ3) is 4.20. The molecule has 3 aromatic rings. The summed E-state index contributed by atoms with van der Waals surface area (Å²) in [5, 5.41) is 12.8. The van der Waals surface area contributed by atoms with Gasteiger partial charge in [0, 0.05) is 10.6 Å². The van der Waals surface area contributed by atoms with Crippen molar-refractivity contribution in [2.75, 3.05) is 19.8 Å². The van der Waals surface area contributed by atoms with Crippen LogP contribution in [0.4, 0.5) is 0 Å². The van der Waals surface area contributed by atoms with Crippen LogP contribution in [-0.2, 0) is 4.79 Å². The summed E-state index contributed by atoms with van der Waals surface area (Å²) in [4.78, 5) is 31.3. The molecule has 0 unspecified atom stereocenters. The first-order valence-electron chi connectivity index (χ1n) is 8.83. The standard InChI is InChI=1S/C21H15ClN4O2S/c22-16-6-2-4-14(8-16)19-20(15-5-1-3-13(7-15)9-23)29-21(25-19)17(27)10-26-11-18(28)24-12-26/h1-8H,10-12H2,(H,24,28). The number of Topliss-reactive ketones (excluding diaryl/α,β-unsaturated/α-hetero) is 1. The van der Waals surface area contributed by atoms with Crippen molar-refractivity contribution in [2.24, 2.45) is 0 Å². The highest BCUT2D eigenvalue weighted by Gasteiger charge is 2.25. The number of thiazole rings is 1. The quantitative estimate of drug-likeness (QED) is 0.635. The molecule has 4 rings (SSSR count). The van der Waals surface area contributed by atoms with Crippen LogP contribution >= 0.6 is 22.9 Å². The summed E-state index contributed by atoms with van der Waals surface area (Å²) in [7, 11) is 0. The van der Waals surface area contributed by atoms with Crippen molar-refractivity contribution >= 4 is 34.6 Å². The van der Waals surface area contributed by atoms with Gasteiger partial charge in [0.1, 0.15) is 0 Å². The Kier molecular flexibility index (Phi) is 5.41. The first-order chi connectivity index (χ1) is 14.0. The zero-order valence-electron chi connectivity index (χ0n) is 15.2. The number of carbonyl (C=O) groups excluding carboxylic acids is 2. The fourth-order valence-electron chi connectivity index (χ4n) is 3.09. The number of nitriles is 1. The Labute approximate surface area is 176 Å². The van der Waals surface area contributed by atoms with Gasteiger partial charge in [-0.25, -0.2) is 4.98 Å². The zero-order valence-corrected chi connectivity index (χ0v) is 16.8. The SMILES string of the molecule is N#Cc1cccc(-c2sc(C(=O)CN3CNC(=O)C3)nc2-c2cccc(Cl)c2)c1. The fourth-order valence-corrected chi connectivity index (χ4v) is 4.30. The summed E-state index contributed by atoms with van der Waals surface area (Å²) in [6, 6.07) is 16.6. The van der Waals surface area contributed by atoms with Crippen molar-refractivity contribution in [1.82, 2.24) is 15.2 Å². The molecule has 2 heterocycles. The number of benzene rings is 2. The van der Waals surface area contributed by atoms with Crippen LogP contribution in [0.25, 0.3) is 21.7 Å². The first kappa shape index (κ1) is 19.3. The number of ketones is 1. The van der Waals surface area contributed by atoms with Gasteiger partial charge in [0.15, 0.2) is 5.01 Å². The molecule has 1 amide bonds. The van der Waals surface area contributed by atoms with Gasteiger partial charge in [0.2, 0.25) is 11.7 Å². The predicted octanol–water partition coefficient (Wildman–Crippen LogP) is 3.57. The number of halogens is 1. The molecule has 0 spiro atoms. The number of rotatable bonds is 5. The minimum atomic E-state index is -0.155. The Morgan fingerprint density at radius 2 is 2.03 bits per heavy atom. The Bertz CT molecular complexity index is 1150. The number of nitrogens with zero attached hydrogens (tertiary/aromatic N) is 3. The molecule has 29 heavy (non-hydrogen) atoms. The molecule has 0 radical (unpaired) electrons. The third-order valence-corrected chi connectivity index (χ3v) is 5.83. The summed E-state index contributed by atoms with van der Waals surface area (Å²) in [5.41, 5.74) is 2.78. The van der Waals surface area contributed by atoms with Gasteiger partial charge in [-0.3, -0.25) is 14.5 Å². The highest BCUT2D eigenvalue weighted by molar-refractivity contribution is 7.17. The van der Waals surface area contributed by atoms with Crippen LogP contribution in [0.1, 0.15) is 15.4 Å². The van der Waals surface area contributed by atoms with Crippen LogP contribution in [0, 0.1) is 11.3 Å². The molecular formula is C21H15ClN4O2S. The highest BCUT2D eigenvalue weighted by atomic mass is 35.5. The van der Waals surface area contributed by atoms with Gasteiger partial charge in [-0.15, -0.1) is 11.3 Å². The van der Waals surface area contributed by atoms with Crippen LogP contribution in [0.3, 0.4) is 0 Å². The third-order valence-electron chi connectivity index (χ3n) is 4.45. The summed E-state index contributed by atoms with van der Waals surface area (Å²) < 4.78 is 0. The number of nitrogens with one attached hydrogen (secondary N) is 1. The molecule has 1 aliphatic heterocycles. The Morgan fingerprint density at radius 3 is 2.76 bits per heavy atom. The van der Waals surface area contributed by atoms with Crippen LogP contribution in [0.15, 0.2) is 48.5 Å². The van der Waals surface area contributed by atoms with E-state index in [4.69, 9.17) is 11.6 Å². The van der Waals surface area contributed by atoms with Gasteiger partial charge in [0.25, 0.3) is 0 Å². The van der Waals surface area contributed by atoms with E-state index < -0.39 is 0 Å². The van der Waals surface area contributed by atoms with Gasteiger partial charge in [-0.05, 0) is 29.8 Å². The normalized spacial score (nSPS) is 13.9. The zero-order chi connectivity index (χ0) is 20.4. The molecule has 0 atom stereocenters. The van der Waals surface area contributed by atoms with Gasteiger partial charge >= 0.3 is 0 Å². The molecule has 144 valence electrons. The van der Waals surface area contributed by atoms with Gasteiger partial charge in [0.05, 0.1) is 42.0 Å². The Hall–Kier alpha value is -3.05. The maximum absolute atomic E-state index is 12.8. The summed E-state index contributed by atoms with van der Waals surface area (Å²) in [6.07, 6.45) is 0. The number of aromatic nitrogens is 1. The largest absolute Gasteiger partial charge is 0.342 e. The van der Waals surface area contributed by atoms with Gasteiger partial charge in [-0.1, -0.05) is 35.9 Å². The van der Waals surface area contributed by atoms with E-state index in [0.29, 0.717) is 28.0 Å². The van der Waals surface area contributed by atoms with Crippen molar-refractivity contribution in [3.63, 3.8) is 0 Å². The number of amides is 1. The molecule has 6 nitrogen and oxygen atoms in total. The van der Waals surface area contributed by atoms with Crippen molar-refractivity contribution < 1.29 is 9.59 Å². The summed E-state index contributed by atoms with van der Waals surface area (Å²) in [5.74, 6) is -0.247. The van der Waals surface area contributed by atoms with Gasteiger partial charge in [-0.2, -0.15) is 5.26 Å². The minimum Gasteiger partial charge on any atom is -0.342 e. The van der Waals surface area contributed by atoms with Crippen LogP contribution in [0.2, 0.25) is 5.02 Å². The van der Waals surface area contributed by atoms with E-state index in [-0.39, 0.29) is 24.8 Å². The average molecular weight is 423 g/mol. The molecule has 2 aromatic carbocycles. The lowest BCUT2D eigenvalue weighted by Crippen LogP contribution is -2.28. The number of carbonyl (C=O) groups is 2. The molecule has 1 aromatic heterocycles. The molecule has 1 fully saturated rings. The van der Waals surface area contributed by atoms with E-state index in [1.165, 1.54) is 11.3 Å². The smallest absolute Gasteiger partial charge is 0.235 e. The van der Waals surface area contributed by atoms with Crippen molar-refractivity contribution in [3.05, 3.63) is 64.1 Å². The molecule has 0 bridgehead atoms. The molecule has 0 saturated carbocycles. The summed E-state index contributed by atoms with van der Waals surface area (Å²) in [6.45, 7) is 0.669. The lowest BCUT2D eigenvalue weighted by Gasteiger charge is -2.09.